The third kappa shape index (κ3) is 4.72. The van der Waals surface area contributed by atoms with Gasteiger partial charge in [0.15, 0.2) is 0 Å². The quantitative estimate of drug-likeness (QED) is 0.452. The fraction of sp³-hybridized carbons (Fsp3) is 0.296. The van der Waals surface area contributed by atoms with Crippen molar-refractivity contribution >= 4 is 22.2 Å². The molecule has 7 nitrogen and oxygen atoms in total. The number of aromatic nitrogens is 3. The highest BCUT2D eigenvalue weighted by molar-refractivity contribution is 7.16. The summed E-state index contributed by atoms with van der Waals surface area (Å²) in [6.45, 7) is 8.02. The molecule has 0 fully saturated rings. The highest BCUT2D eigenvalue weighted by atomic mass is 32.1. The second kappa shape index (κ2) is 9.28. The summed E-state index contributed by atoms with van der Waals surface area (Å²) in [4.78, 5) is 28.3. The average molecular weight is 488 g/mol. The van der Waals surface area contributed by atoms with Crippen molar-refractivity contribution in [2.75, 3.05) is 11.9 Å². The third-order valence-electron chi connectivity index (χ3n) is 6.44. The Morgan fingerprint density at radius 3 is 2.71 bits per heavy atom. The average Bonchev–Trinajstić information content (AvgIpc) is 3.40. The Labute approximate surface area is 208 Å². The maximum Gasteiger partial charge on any atom is 0.258 e. The van der Waals surface area contributed by atoms with Crippen LogP contribution < -0.4 is 10.9 Å². The third-order valence-corrected chi connectivity index (χ3v) is 7.43. The number of carbonyl (C=O) groups excluding carboxylic acids is 1. The van der Waals surface area contributed by atoms with E-state index < -0.39 is 0 Å². The van der Waals surface area contributed by atoms with Crippen molar-refractivity contribution in [3.05, 3.63) is 86.4 Å². The Morgan fingerprint density at radius 1 is 1.14 bits per heavy atom. The first-order valence-corrected chi connectivity index (χ1v) is 12.5. The molecule has 0 aliphatic carbocycles. The molecule has 1 N–H and O–H groups in total. The van der Waals surface area contributed by atoms with Gasteiger partial charge in [-0.05, 0) is 61.4 Å². The van der Waals surface area contributed by atoms with E-state index in [2.05, 4.69) is 27.4 Å². The Bertz CT molecular complexity index is 1480. The minimum absolute atomic E-state index is 0.0286. The minimum Gasteiger partial charge on any atom is -0.318 e. The van der Waals surface area contributed by atoms with Gasteiger partial charge in [-0.25, -0.2) is 4.68 Å². The number of rotatable bonds is 5. The van der Waals surface area contributed by atoms with Gasteiger partial charge in [-0.1, -0.05) is 12.1 Å². The maximum absolute atomic E-state index is 13.3. The Balaban J connectivity index is 1.44. The van der Waals surface area contributed by atoms with E-state index in [1.807, 2.05) is 66.5 Å². The molecule has 1 amide bonds. The maximum atomic E-state index is 13.3. The van der Waals surface area contributed by atoms with Crippen LogP contribution in [0.1, 0.15) is 34.4 Å². The molecule has 0 saturated heterocycles. The highest BCUT2D eigenvalue weighted by Gasteiger charge is 2.22. The Kier molecular flexibility index (Phi) is 6.17. The van der Waals surface area contributed by atoms with Crippen molar-refractivity contribution in [2.24, 2.45) is 7.05 Å². The van der Waals surface area contributed by atoms with Crippen LogP contribution in [0.4, 0.5) is 5.00 Å². The number of anilines is 1. The molecule has 8 heteroatoms. The number of benzene rings is 1. The standard InChI is InChI=1S/C27H29N5O2S/c1-17-12-18(2)32(29-17)22-7-5-6-20(13-22)24-14-21-15-31(11-10-25(21)30(4)27(24)34)16-23-8-9-26(35-23)28-19(3)33/h5-9,12-14H,10-11,15-16H2,1-4H3,(H,28,33). The molecular formula is C27H29N5O2S. The first-order valence-electron chi connectivity index (χ1n) is 11.7. The van der Waals surface area contributed by atoms with Gasteiger partial charge in [0.25, 0.3) is 5.56 Å². The van der Waals surface area contributed by atoms with Crippen LogP contribution in [0.5, 0.6) is 0 Å². The number of hydrogen-bond donors (Lipinski definition) is 1. The number of aryl methyl sites for hydroxylation is 2. The van der Waals surface area contributed by atoms with Crippen LogP contribution in [0.2, 0.25) is 0 Å². The monoisotopic (exact) mass is 487 g/mol. The summed E-state index contributed by atoms with van der Waals surface area (Å²) in [5.74, 6) is -0.0549. The summed E-state index contributed by atoms with van der Waals surface area (Å²) in [6.07, 6.45) is 0.830. The predicted molar refractivity (Wildman–Crippen MR) is 140 cm³/mol. The van der Waals surface area contributed by atoms with Gasteiger partial charge in [0.1, 0.15) is 0 Å². The normalized spacial score (nSPS) is 13.6. The van der Waals surface area contributed by atoms with Crippen molar-refractivity contribution in [1.82, 2.24) is 19.2 Å². The van der Waals surface area contributed by atoms with Gasteiger partial charge in [0.05, 0.1) is 16.4 Å². The van der Waals surface area contributed by atoms with E-state index in [9.17, 15) is 9.59 Å². The number of fused-ring (bicyclic) bond motifs is 1. The summed E-state index contributed by atoms with van der Waals surface area (Å²) in [6, 6.07) is 16.2. The summed E-state index contributed by atoms with van der Waals surface area (Å²) in [5, 5.41) is 8.32. The topological polar surface area (TPSA) is 72.2 Å². The van der Waals surface area contributed by atoms with Crippen LogP contribution in [0, 0.1) is 13.8 Å². The lowest BCUT2D eigenvalue weighted by atomic mass is 9.99. The van der Waals surface area contributed by atoms with Gasteiger partial charge in [-0.3, -0.25) is 14.5 Å². The van der Waals surface area contributed by atoms with Crippen LogP contribution in [0.3, 0.4) is 0 Å². The predicted octanol–water partition coefficient (Wildman–Crippen LogP) is 4.43. The van der Waals surface area contributed by atoms with Crippen molar-refractivity contribution < 1.29 is 4.79 Å². The molecule has 0 atom stereocenters. The number of carbonyl (C=O) groups is 1. The smallest absolute Gasteiger partial charge is 0.258 e. The van der Waals surface area contributed by atoms with E-state index in [-0.39, 0.29) is 11.5 Å². The van der Waals surface area contributed by atoms with E-state index in [0.717, 1.165) is 59.4 Å². The zero-order valence-corrected chi connectivity index (χ0v) is 21.3. The summed E-state index contributed by atoms with van der Waals surface area (Å²) >= 11 is 1.61. The van der Waals surface area contributed by atoms with Crippen LogP contribution in [-0.4, -0.2) is 31.7 Å². The fourth-order valence-electron chi connectivity index (χ4n) is 4.85. The largest absolute Gasteiger partial charge is 0.318 e. The summed E-state index contributed by atoms with van der Waals surface area (Å²) < 4.78 is 3.73. The van der Waals surface area contributed by atoms with E-state index in [4.69, 9.17) is 0 Å². The summed E-state index contributed by atoms with van der Waals surface area (Å²) in [7, 11) is 1.88. The molecule has 5 rings (SSSR count). The van der Waals surface area contributed by atoms with Crippen LogP contribution >= 0.6 is 11.3 Å². The molecule has 0 bridgehead atoms. The molecule has 35 heavy (non-hydrogen) atoms. The molecule has 0 spiro atoms. The van der Waals surface area contributed by atoms with E-state index in [1.165, 1.54) is 17.4 Å². The molecule has 4 aromatic rings. The summed E-state index contributed by atoms with van der Waals surface area (Å²) in [5.41, 5.74) is 6.90. The van der Waals surface area contributed by atoms with E-state index >= 15 is 0 Å². The van der Waals surface area contributed by atoms with Crippen molar-refractivity contribution in [3.63, 3.8) is 0 Å². The Morgan fingerprint density at radius 2 is 1.97 bits per heavy atom. The minimum atomic E-state index is -0.0549. The molecule has 0 saturated carbocycles. The van der Waals surface area contributed by atoms with Gasteiger partial charge in [-0.15, -0.1) is 11.3 Å². The number of nitrogens with one attached hydrogen (secondary N) is 1. The van der Waals surface area contributed by atoms with Gasteiger partial charge >= 0.3 is 0 Å². The molecule has 0 radical (unpaired) electrons. The van der Waals surface area contributed by atoms with E-state index in [0.29, 0.717) is 5.56 Å². The Hall–Kier alpha value is -3.49. The SMILES string of the molecule is CC(=O)Nc1ccc(CN2CCc3c(cc(-c4cccc(-n5nc(C)cc5C)c4)c(=O)n3C)C2)s1. The van der Waals surface area contributed by atoms with Gasteiger partial charge in [0, 0.05) is 61.9 Å². The van der Waals surface area contributed by atoms with Gasteiger partial charge in [0.2, 0.25) is 5.91 Å². The zero-order chi connectivity index (χ0) is 24.7. The van der Waals surface area contributed by atoms with Crippen LogP contribution in [-0.2, 0) is 31.4 Å². The van der Waals surface area contributed by atoms with Crippen molar-refractivity contribution in [2.45, 2.75) is 40.3 Å². The molecule has 180 valence electrons. The highest BCUT2D eigenvalue weighted by Crippen LogP contribution is 2.28. The number of nitrogens with zero attached hydrogens (tertiary/aromatic N) is 4. The lowest BCUT2D eigenvalue weighted by Crippen LogP contribution is -2.35. The van der Waals surface area contributed by atoms with Crippen molar-refractivity contribution in [3.8, 4) is 16.8 Å². The number of pyridine rings is 1. The van der Waals surface area contributed by atoms with Crippen LogP contribution in [0.25, 0.3) is 16.8 Å². The van der Waals surface area contributed by atoms with E-state index in [1.54, 1.807) is 11.3 Å². The first kappa shape index (κ1) is 23.3. The first-order chi connectivity index (χ1) is 16.8. The lowest BCUT2D eigenvalue weighted by molar-refractivity contribution is -0.114. The number of amides is 1. The second-order valence-electron chi connectivity index (χ2n) is 9.19. The fourth-order valence-corrected chi connectivity index (χ4v) is 5.84. The molecule has 1 aliphatic rings. The lowest BCUT2D eigenvalue weighted by Gasteiger charge is -2.30. The molecule has 1 aliphatic heterocycles. The zero-order valence-electron chi connectivity index (χ0n) is 20.5. The number of hydrogen-bond acceptors (Lipinski definition) is 5. The molecule has 1 aromatic carbocycles. The second-order valence-corrected chi connectivity index (χ2v) is 10.4. The molecule has 0 unspecified atom stereocenters. The number of thiophene rings is 1. The van der Waals surface area contributed by atoms with Crippen molar-refractivity contribution in [1.29, 1.82) is 0 Å². The van der Waals surface area contributed by atoms with Crippen LogP contribution in [0.15, 0.2) is 53.3 Å². The molecular weight excluding hydrogens is 458 g/mol. The molecule has 4 heterocycles. The molecule has 3 aromatic heterocycles. The van der Waals surface area contributed by atoms with Gasteiger partial charge in [-0.2, -0.15) is 5.10 Å². The van der Waals surface area contributed by atoms with Gasteiger partial charge < -0.3 is 9.88 Å².